The fourth-order valence-electron chi connectivity index (χ4n) is 2.21. The number of nitrogens with one attached hydrogen (secondary N) is 1. The van der Waals surface area contributed by atoms with Crippen molar-refractivity contribution in [3.8, 4) is 0 Å². The first-order valence-corrected chi connectivity index (χ1v) is 7.75. The molecule has 0 aromatic carbocycles. The third-order valence-electron chi connectivity index (χ3n) is 3.42. The van der Waals surface area contributed by atoms with Gasteiger partial charge in [-0.15, -0.1) is 11.3 Å². The Morgan fingerprint density at radius 1 is 1.39 bits per heavy atom. The normalized spacial score (nSPS) is 22.0. The summed E-state index contributed by atoms with van der Waals surface area (Å²) in [5.74, 6) is 0. The van der Waals surface area contributed by atoms with Crippen molar-refractivity contribution in [2.24, 2.45) is 0 Å². The molecule has 2 fully saturated rings. The fraction of sp³-hybridized carbons (Fsp3) is 0.769. The van der Waals surface area contributed by atoms with Gasteiger partial charge < -0.3 is 10.1 Å². The van der Waals surface area contributed by atoms with Gasteiger partial charge >= 0.3 is 0 Å². The predicted molar refractivity (Wildman–Crippen MR) is 72.7 cm³/mol. The molecule has 0 spiro atoms. The molecule has 0 amide bonds. The van der Waals surface area contributed by atoms with Crippen LogP contribution in [0.1, 0.15) is 30.0 Å². The van der Waals surface area contributed by atoms with Gasteiger partial charge in [-0.05, 0) is 19.3 Å². The molecule has 3 rings (SSSR count). The van der Waals surface area contributed by atoms with Crippen molar-refractivity contribution in [1.82, 2.24) is 15.2 Å². The van der Waals surface area contributed by atoms with Gasteiger partial charge in [-0.2, -0.15) is 0 Å². The molecule has 1 N–H and O–H groups in total. The molecule has 2 aliphatic rings. The molecule has 18 heavy (non-hydrogen) atoms. The maximum absolute atomic E-state index is 5.47. The summed E-state index contributed by atoms with van der Waals surface area (Å²) in [7, 11) is 0. The third kappa shape index (κ3) is 3.75. The van der Waals surface area contributed by atoms with Gasteiger partial charge in [0.05, 0.1) is 12.3 Å². The molecule has 1 saturated carbocycles. The van der Waals surface area contributed by atoms with E-state index in [0.717, 1.165) is 51.9 Å². The maximum Gasteiger partial charge on any atom is 0.107 e. The average molecular weight is 267 g/mol. The lowest BCUT2D eigenvalue weighted by molar-refractivity contribution is 0.140. The van der Waals surface area contributed by atoms with E-state index in [1.54, 1.807) is 11.3 Å². The van der Waals surface area contributed by atoms with Gasteiger partial charge in [-0.25, -0.2) is 4.98 Å². The monoisotopic (exact) mass is 267 g/mol. The van der Waals surface area contributed by atoms with Crippen LogP contribution in [-0.4, -0.2) is 42.2 Å². The Hall–Kier alpha value is -0.490. The zero-order chi connectivity index (χ0) is 12.2. The van der Waals surface area contributed by atoms with E-state index in [1.165, 1.54) is 23.5 Å². The smallest absolute Gasteiger partial charge is 0.107 e. The number of rotatable bonds is 5. The molecule has 0 atom stereocenters. The lowest BCUT2D eigenvalue weighted by Crippen LogP contribution is -2.26. The zero-order valence-electron chi connectivity index (χ0n) is 10.7. The first kappa shape index (κ1) is 12.5. The Morgan fingerprint density at radius 3 is 3.22 bits per heavy atom. The first-order chi connectivity index (χ1) is 8.90. The van der Waals surface area contributed by atoms with Gasteiger partial charge in [0.1, 0.15) is 5.01 Å². The molecule has 1 aromatic heterocycles. The average Bonchev–Trinajstić information content (AvgIpc) is 3.14. The molecule has 0 unspecified atom stereocenters. The van der Waals surface area contributed by atoms with Crippen molar-refractivity contribution in [3.63, 3.8) is 0 Å². The zero-order valence-corrected chi connectivity index (χ0v) is 11.5. The maximum atomic E-state index is 5.47. The highest BCUT2D eigenvalue weighted by atomic mass is 32.1. The van der Waals surface area contributed by atoms with Crippen molar-refractivity contribution in [3.05, 3.63) is 16.1 Å². The summed E-state index contributed by atoms with van der Waals surface area (Å²) in [6, 6.07) is 0.764. The highest BCUT2D eigenvalue weighted by Crippen LogP contribution is 2.20. The van der Waals surface area contributed by atoms with Crippen LogP contribution in [-0.2, 0) is 17.8 Å². The lowest BCUT2D eigenvalue weighted by atomic mass is 10.3. The molecule has 1 aliphatic carbocycles. The van der Waals surface area contributed by atoms with E-state index in [0.29, 0.717) is 0 Å². The van der Waals surface area contributed by atoms with Crippen LogP contribution in [0, 0.1) is 0 Å². The van der Waals surface area contributed by atoms with Crippen LogP contribution in [0.4, 0.5) is 0 Å². The minimum Gasteiger partial charge on any atom is -0.380 e. The van der Waals surface area contributed by atoms with Crippen molar-refractivity contribution in [1.29, 1.82) is 0 Å². The van der Waals surface area contributed by atoms with Gasteiger partial charge in [-0.1, -0.05) is 0 Å². The van der Waals surface area contributed by atoms with Crippen LogP contribution in [0.25, 0.3) is 0 Å². The molecular formula is C13H21N3OS. The second kappa shape index (κ2) is 6.10. The van der Waals surface area contributed by atoms with Gasteiger partial charge in [0.15, 0.2) is 0 Å². The number of aromatic nitrogens is 1. The SMILES string of the molecule is c1sc(CNC2CC2)nc1CN1CCCOCC1. The van der Waals surface area contributed by atoms with E-state index in [9.17, 15) is 0 Å². The molecule has 5 heteroatoms. The molecule has 1 aromatic rings. The van der Waals surface area contributed by atoms with E-state index in [4.69, 9.17) is 9.72 Å². The van der Waals surface area contributed by atoms with Gasteiger partial charge in [-0.3, -0.25) is 4.90 Å². The van der Waals surface area contributed by atoms with Crippen LogP contribution in [0.15, 0.2) is 5.38 Å². The Morgan fingerprint density at radius 2 is 2.33 bits per heavy atom. The number of hydrogen-bond donors (Lipinski definition) is 1. The van der Waals surface area contributed by atoms with Gasteiger partial charge in [0, 0.05) is 44.2 Å². The van der Waals surface area contributed by atoms with E-state index < -0.39 is 0 Å². The summed E-state index contributed by atoms with van der Waals surface area (Å²) in [4.78, 5) is 7.15. The molecule has 1 saturated heterocycles. The second-order valence-electron chi connectivity index (χ2n) is 5.13. The van der Waals surface area contributed by atoms with E-state index in [1.807, 2.05) is 0 Å². The Balaban J connectivity index is 1.48. The number of hydrogen-bond acceptors (Lipinski definition) is 5. The van der Waals surface area contributed by atoms with Crippen molar-refractivity contribution < 1.29 is 4.74 Å². The Kier molecular flexibility index (Phi) is 4.25. The molecule has 0 radical (unpaired) electrons. The van der Waals surface area contributed by atoms with E-state index in [2.05, 4.69) is 15.6 Å². The summed E-state index contributed by atoms with van der Waals surface area (Å²) >= 11 is 1.78. The van der Waals surface area contributed by atoms with Crippen molar-refractivity contribution in [2.45, 2.75) is 38.4 Å². The molecule has 1 aliphatic heterocycles. The molecule has 100 valence electrons. The molecule has 4 nitrogen and oxygen atoms in total. The number of nitrogens with zero attached hydrogens (tertiary/aromatic N) is 2. The van der Waals surface area contributed by atoms with Crippen LogP contribution >= 0.6 is 11.3 Å². The van der Waals surface area contributed by atoms with Crippen molar-refractivity contribution in [2.75, 3.05) is 26.3 Å². The lowest BCUT2D eigenvalue weighted by Gasteiger charge is -2.17. The van der Waals surface area contributed by atoms with Crippen molar-refractivity contribution >= 4 is 11.3 Å². The van der Waals surface area contributed by atoms with Gasteiger partial charge in [0.25, 0.3) is 0 Å². The summed E-state index contributed by atoms with van der Waals surface area (Å²) < 4.78 is 5.47. The highest BCUT2D eigenvalue weighted by molar-refractivity contribution is 7.09. The second-order valence-corrected chi connectivity index (χ2v) is 6.07. The highest BCUT2D eigenvalue weighted by Gasteiger charge is 2.20. The summed E-state index contributed by atoms with van der Waals surface area (Å²) in [6.07, 6.45) is 3.82. The Labute approximate surface area is 112 Å². The van der Waals surface area contributed by atoms with Crippen LogP contribution in [0.2, 0.25) is 0 Å². The van der Waals surface area contributed by atoms with E-state index in [-0.39, 0.29) is 0 Å². The van der Waals surface area contributed by atoms with Crippen LogP contribution in [0.5, 0.6) is 0 Å². The molecule has 2 heterocycles. The quantitative estimate of drug-likeness (QED) is 0.879. The topological polar surface area (TPSA) is 37.4 Å². The third-order valence-corrected chi connectivity index (χ3v) is 4.32. The summed E-state index contributed by atoms with van der Waals surface area (Å²) in [5, 5.41) is 6.94. The minimum atomic E-state index is 0.764. The number of thiazole rings is 1. The largest absolute Gasteiger partial charge is 0.380 e. The predicted octanol–water partition coefficient (Wildman–Crippen LogP) is 1.62. The molecule has 0 bridgehead atoms. The number of ether oxygens (including phenoxy) is 1. The summed E-state index contributed by atoms with van der Waals surface area (Å²) in [5.41, 5.74) is 1.22. The van der Waals surface area contributed by atoms with E-state index >= 15 is 0 Å². The van der Waals surface area contributed by atoms with Crippen LogP contribution in [0.3, 0.4) is 0 Å². The molecular weight excluding hydrogens is 246 g/mol. The Bertz CT molecular complexity index is 370. The fourth-order valence-corrected chi connectivity index (χ4v) is 2.94. The summed E-state index contributed by atoms with van der Waals surface area (Å²) in [6.45, 7) is 5.85. The standard InChI is InChI=1S/C13H21N3OS/c1-4-16(5-7-17-6-1)9-12-10-18-13(15-12)8-14-11-2-3-11/h10-11,14H,1-9H2. The minimum absolute atomic E-state index is 0.764. The first-order valence-electron chi connectivity index (χ1n) is 6.87. The van der Waals surface area contributed by atoms with Gasteiger partial charge in [0.2, 0.25) is 0 Å². The van der Waals surface area contributed by atoms with Crippen LogP contribution < -0.4 is 5.32 Å².